The summed E-state index contributed by atoms with van der Waals surface area (Å²) in [7, 11) is -6.93. The first-order valence-electron chi connectivity index (χ1n) is 3.20. The molecule has 0 atom stereocenters. The van der Waals surface area contributed by atoms with Crippen LogP contribution in [0.4, 0.5) is 0 Å². The molecule has 14 heavy (non-hydrogen) atoms. The molecule has 1 aromatic carbocycles. The summed E-state index contributed by atoms with van der Waals surface area (Å²) >= 11 is 4.95. The summed E-state index contributed by atoms with van der Waals surface area (Å²) < 4.78 is 43.8. The van der Waals surface area contributed by atoms with E-state index >= 15 is 0 Å². The van der Waals surface area contributed by atoms with Crippen LogP contribution < -0.4 is 0 Å². The molecule has 0 unspecified atom stereocenters. The molecular weight excluding hydrogens is 360 g/mol. The molecule has 0 N–H and O–H groups in total. The van der Waals surface area contributed by atoms with Crippen molar-refractivity contribution in [2.45, 2.75) is 9.79 Å². The van der Waals surface area contributed by atoms with E-state index in [2.05, 4.69) is 29.6 Å². The molecule has 0 spiro atoms. The molecular formula is C6H4Br2O4S2. The Morgan fingerprint density at radius 1 is 0.714 bits per heavy atom. The van der Waals surface area contributed by atoms with E-state index in [1.807, 2.05) is 0 Å². The molecule has 0 aliphatic rings. The molecule has 0 bridgehead atoms. The summed E-state index contributed by atoms with van der Waals surface area (Å²) in [5, 5.41) is 0. The maximum absolute atomic E-state index is 10.9. The Kier molecular flexibility index (Phi) is 3.40. The quantitative estimate of drug-likeness (QED) is 0.752. The number of hydrogen-bond donors (Lipinski definition) is 0. The van der Waals surface area contributed by atoms with Crippen molar-refractivity contribution in [1.82, 2.24) is 0 Å². The molecule has 0 saturated carbocycles. The molecule has 4 nitrogen and oxygen atoms in total. The monoisotopic (exact) mass is 362 g/mol. The molecule has 0 radical (unpaired) electrons. The van der Waals surface area contributed by atoms with Gasteiger partial charge in [-0.15, -0.1) is 0 Å². The van der Waals surface area contributed by atoms with E-state index in [4.69, 9.17) is 0 Å². The molecule has 0 heterocycles. The van der Waals surface area contributed by atoms with Gasteiger partial charge in [0.15, 0.2) is 0 Å². The van der Waals surface area contributed by atoms with Gasteiger partial charge in [-0.1, -0.05) is 0 Å². The molecule has 0 fully saturated rings. The van der Waals surface area contributed by atoms with E-state index in [1.54, 1.807) is 0 Å². The van der Waals surface area contributed by atoms with E-state index in [9.17, 15) is 16.8 Å². The van der Waals surface area contributed by atoms with Crippen LogP contribution in [0.5, 0.6) is 0 Å². The number of halogens is 2. The average molecular weight is 364 g/mol. The lowest BCUT2D eigenvalue weighted by Crippen LogP contribution is -1.93. The van der Waals surface area contributed by atoms with Crippen LogP contribution in [-0.2, 0) is 16.5 Å². The van der Waals surface area contributed by atoms with Gasteiger partial charge in [-0.25, -0.2) is 16.8 Å². The van der Waals surface area contributed by atoms with Crippen LogP contribution >= 0.6 is 29.6 Å². The molecule has 0 aliphatic heterocycles. The van der Waals surface area contributed by atoms with Crippen LogP contribution in [0.3, 0.4) is 0 Å². The largest absolute Gasteiger partial charge is 0.237 e. The van der Waals surface area contributed by atoms with E-state index in [0.717, 1.165) is 0 Å². The van der Waals surface area contributed by atoms with Gasteiger partial charge in [0, 0.05) is 0 Å². The fourth-order valence-corrected chi connectivity index (χ4v) is 2.98. The van der Waals surface area contributed by atoms with Gasteiger partial charge in [-0.05, 0) is 24.3 Å². The second kappa shape index (κ2) is 3.92. The van der Waals surface area contributed by atoms with E-state index < -0.39 is 16.5 Å². The maximum atomic E-state index is 10.9. The van der Waals surface area contributed by atoms with Crippen LogP contribution in [0, 0.1) is 0 Å². The van der Waals surface area contributed by atoms with Gasteiger partial charge in [-0.2, -0.15) is 0 Å². The van der Waals surface area contributed by atoms with E-state index in [0.29, 0.717) is 0 Å². The Balaban J connectivity index is 3.28. The van der Waals surface area contributed by atoms with Gasteiger partial charge in [0.2, 0.25) is 16.5 Å². The second-order valence-corrected chi connectivity index (χ2v) is 10.2. The van der Waals surface area contributed by atoms with Gasteiger partial charge in [0.25, 0.3) is 0 Å². The third-order valence-corrected chi connectivity index (χ3v) is 5.30. The second-order valence-electron chi connectivity index (χ2n) is 2.35. The van der Waals surface area contributed by atoms with Crippen molar-refractivity contribution in [3.8, 4) is 0 Å². The Bertz CT molecular complexity index is 479. The summed E-state index contributed by atoms with van der Waals surface area (Å²) in [5.41, 5.74) is 0. The van der Waals surface area contributed by atoms with Crippen LogP contribution in [0.25, 0.3) is 0 Å². The Labute approximate surface area is 96.6 Å². The SMILES string of the molecule is O=S(=O)(Br)c1ccc(S(=O)(=O)Br)cc1. The molecule has 1 aromatic rings. The molecule has 8 heteroatoms. The Morgan fingerprint density at radius 3 is 1.07 bits per heavy atom. The van der Waals surface area contributed by atoms with Crippen LogP contribution in [0.15, 0.2) is 34.1 Å². The van der Waals surface area contributed by atoms with E-state index in [1.165, 1.54) is 24.3 Å². The molecule has 0 aromatic heterocycles. The highest BCUT2D eigenvalue weighted by Crippen LogP contribution is 2.21. The van der Waals surface area contributed by atoms with Crippen LogP contribution in [0.1, 0.15) is 0 Å². The molecule has 0 aliphatic carbocycles. The Hall–Kier alpha value is 0.0800. The molecule has 0 saturated heterocycles. The lowest BCUT2D eigenvalue weighted by molar-refractivity contribution is 0.608. The highest BCUT2D eigenvalue weighted by Gasteiger charge is 2.12. The zero-order valence-electron chi connectivity index (χ0n) is 6.51. The predicted molar refractivity (Wildman–Crippen MR) is 58.7 cm³/mol. The third kappa shape index (κ3) is 3.04. The van der Waals surface area contributed by atoms with Gasteiger partial charge in [-0.3, -0.25) is 0 Å². The maximum Gasteiger partial charge on any atom is 0.237 e. The topological polar surface area (TPSA) is 68.3 Å². The first-order valence-corrected chi connectivity index (χ1v) is 9.86. The van der Waals surface area contributed by atoms with Gasteiger partial charge in [0.05, 0.1) is 39.4 Å². The van der Waals surface area contributed by atoms with Crippen molar-refractivity contribution >= 4 is 46.2 Å². The first kappa shape index (κ1) is 12.2. The van der Waals surface area contributed by atoms with Gasteiger partial charge < -0.3 is 0 Å². The third-order valence-electron chi connectivity index (χ3n) is 1.39. The molecule has 78 valence electrons. The highest BCUT2D eigenvalue weighted by molar-refractivity contribution is 9.47. The fraction of sp³-hybridized carbons (Fsp3) is 0. The molecule has 0 amide bonds. The van der Waals surface area contributed by atoms with Gasteiger partial charge >= 0.3 is 0 Å². The van der Waals surface area contributed by atoms with Crippen molar-refractivity contribution in [3.05, 3.63) is 24.3 Å². The highest BCUT2D eigenvalue weighted by atomic mass is 79.9. The Morgan fingerprint density at radius 2 is 0.929 bits per heavy atom. The first-order chi connectivity index (χ1) is 6.21. The minimum atomic E-state index is -3.46. The van der Waals surface area contributed by atoms with Crippen molar-refractivity contribution in [2.75, 3.05) is 0 Å². The van der Waals surface area contributed by atoms with Crippen molar-refractivity contribution in [1.29, 1.82) is 0 Å². The lowest BCUT2D eigenvalue weighted by atomic mass is 10.4. The number of rotatable bonds is 2. The zero-order chi connectivity index (χ0) is 11.0. The summed E-state index contributed by atoms with van der Waals surface area (Å²) in [6, 6.07) is 4.83. The van der Waals surface area contributed by atoms with Crippen molar-refractivity contribution in [2.24, 2.45) is 0 Å². The summed E-state index contributed by atoms with van der Waals surface area (Å²) in [5.74, 6) is 0. The lowest BCUT2D eigenvalue weighted by Gasteiger charge is -1.98. The summed E-state index contributed by atoms with van der Waals surface area (Å²) in [6.45, 7) is 0. The van der Waals surface area contributed by atoms with E-state index in [-0.39, 0.29) is 9.79 Å². The minimum Gasteiger partial charge on any atom is -0.212 e. The average Bonchev–Trinajstić information content (AvgIpc) is 2.01. The van der Waals surface area contributed by atoms with Crippen LogP contribution in [0.2, 0.25) is 0 Å². The standard InChI is InChI=1S/C6H4Br2O4S2/c7-13(9,10)5-1-2-6(4-3-5)14(8,11)12/h1-4H. The predicted octanol–water partition coefficient (Wildman–Crippen LogP) is 1.85. The normalized spacial score (nSPS) is 12.7. The smallest absolute Gasteiger partial charge is 0.212 e. The summed E-state index contributed by atoms with van der Waals surface area (Å²) in [6.07, 6.45) is 0. The minimum absolute atomic E-state index is 0.0115. The zero-order valence-corrected chi connectivity index (χ0v) is 11.3. The van der Waals surface area contributed by atoms with Crippen LogP contribution in [-0.4, -0.2) is 16.8 Å². The van der Waals surface area contributed by atoms with Crippen molar-refractivity contribution in [3.63, 3.8) is 0 Å². The number of benzene rings is 1. The van der Waals surface area contributed by atoms with Crippen molar-refractivity contribution < 1.29 is 16.8 Å². The molecule has 1 rings (SSSR count). The van der Waals surface area contributed by atoms with Gasteiger partial charge in [0.1, 0.15) is 0 Å². The summed E-state index contributed by atoms with van der Waals surface area (Å²) in [4.78, 5) is 0.0230. The number of hydrogen-bond acceptors (Lipinski definition) is 4. The fourth-order valence-electron chi connectivity index (χ4n) is 0.765.